The highest BCUT2D eigenvalue weighted by molar-refractivity contribution is 5.67. The van der Waals surface area contributed by atoms with Gasteiger partial charge in [0.1, 0.15) is 0 Å². The van der Waals surface area contributed by atoms with Crippen molar-refractivity contribution in [1.29, 1.82) is 0 Å². The van der Waals surface area contributed by atoms with E-state index in [2.05, 4.69) is 22.1 Å². The SMILES string of the molecule is Cc1cc(C#CCNC(=O)OC(C)C)cnc1/C(N)=C/N(N)CC1CCCCO1. The summed E-state index contributed by atoms with van der Waals surface area (Å²) >= 11 is 0. The van der Waals surface area contributed by atoms with Crippen LogP contribution in [0, 0.1) is 18.8 Å². The normalized spacial score (nSPS) is 16.7. The van der Waals surface area contributed by atoms with Gasteiger partial charge in [-0.15, -0.1) is 0 Å². The first-order valence-electron chi connectivity index (χ1n) is 9.85. The van der Waals surface area contributed by atoms with Gasteiger partial charge in [0.15, 0.2) is 0 Å². The number of pyridine rings is 1. The second-order valence-corrected chi connectivity index (χ2v) is 7.27. The molecule has 0 aromatic carbocycles. The van der Waals surface area contributed by atoms with Crippen molar-refractivity contribution < 1.29 is 14.3 Å². The standard InChI is InChI=1S/C21H31N5O3/c1-15(2)29-21(27)24-9-6-7-17-11-16(3)20(25-12-17)19(22)14-26(23)13-18-8-4-5-10-28-18/h11-12,14-15,18H,4-5,8-10,13,22-23H2,1-3H3,(H,24,27)/b19-14-. The first-order chi connectivity index (χ1) is 13.8. The second kappa shape index (κ2) is 11.3. The van der Waals surface area contributed by atoms with E-state index < -0.39 is 6.09 Å². The predicted molar refractivity (Wildman–Crippen MR) is 112 cm³/mol. The van der Waals surface area contributed by atoms with Crippen molar-refractivity contribution in [2.45, 2.75) is 52.2 Å². The average molecular weight is 402 g/mol. The molecule has 1 saturated heterocycles. The Morgan fingerprint density at radius 3 is 2.97 bits per heavy atom. The quantitative estimate of drug-likeness (QED) is 0.379. The van der Waals surface area contributed by atoms with E-state index in [0.29, 0.717) is 17.9 Å². The number of nitrogens with two attached hydrogens (primary N) is 2. The van der Waals surface area contributed by atoms with Crippen molar-refractivity contribution in [2.75, 3.05) is 19.7 Å². The van der Waals surface area contributed by atoms with Crippen LogP contribution in [-0.2, 0) is 9.47 Å². The molecule has 1 amide bonds. The number of alkyl carbamates (subject to hydrolysis) is 1. The van der Waals surface area contributed by atoms with E-state index in [0.717, 1.165) is 37.0 Å². The molecule has 0 spiro atoms. The summed E-state index contributed by atoms with van der Waals surface area (Å²) in [5.74, 6) is 11.9. The van der Waals surface area contributed by atoms with Crippen molar-refractivity contribution in [1.82, 2.24) is 15.3 Å². The maximum absolute atomic E-state index is 11.4. The summed E-state index contributed by atoms with van der Waals surface area (Å²) in [6.07, 6.45) is 6.09. The smallest absolute Gasteiger partial charge is 0.408 e. The summed E-state index contributed by atoms with van der Waals surface area (Å²) in [6.45, 7) is 7.06. The highest BCUT2D eigenvalue weighted by Crippen LogP contribution is 2.16. The Hall–Kier alpha value is -2.76. The summed E-state index contributed by atoms with van der Waals surface area (Å²) in [5.41, 5.74) is 8.95. The minimum atomic E-state index is -0.484. The molecule has 1 fully saturated rings. The molecule has 0 bridgehead atoms. The van der Waals surface area contributed by atoms with Gasteiger partial charge in [0.25, 0.3) is 0 Å². The molecule has 8 heteroatoms. The van der Waals surface area contributed by atoms with E-state index in [9.17, 15) is 4.79 Å². The highest BCUT2D eigenvalue weighted by atomic mass is 16.6. The van der Waals surface area contributed by atoms with Crippen LogP contribution in [0.5, 0.6) is 0 Å². The van der Waals surface area contributed by atoms with Crippen LogP contribution in [0.15, 0.2) is 18.5 Å². The summed E-state index contributed by atoms with van der Waals surface area (Å²) < 4.78 is 10.7. The Labute approximate surface area is 172 Å². The molecule has 0 radical (unpaired) electrons. The zero-order valence-corrected chi connectivity index (χ0v) is 17.4. The topological polar surface area (TPSA) is 116 Å². The van der Waals surface area contributed by atoms with Gasteiger partial charge < -0.3 is 25.5 Å². The van der Waals surface area contributed by atoms with Crippen molar-refractivity contribution in [3.63, 3.8) is 0 Å². The Bertz CT molecular complexity index is 776. The monoisotopic (exact) mass is 401 g/mol. The number of hydrogen-bond donors (Lipinski definition) is 3. The number of hydrazine groups is 1. The molecule has 8 nitrogen and oxygen atoms in total. The Kier molecular flexibility index (Phi) is 8.77. The average Bonchev–Trinajstić information content (AvgIpc) is 2.65. The molecule has 0 aliphatic carbocycles. The number of rotatable bonds is 6. The fraction of sp³-hybridized carbons (Fsp3) is 0.524. The molecular formula is C21H31N5O3. The van der Waals surface area contributed by atoms with E-state index in [1.165, 1.54) is 0 Å². The van der Waals surface area contributed by atoms with Gasteiger partial charge in [-0.3, -0.25) is 4.98 Å². The number of aryl methyl sites for hydroxylation is 1. The molecule has 1 aromatic heterocycles. The lowest BCUT2D eigenvalue weighted by molar-refractivity contribution is 0.00165. The summed E-state index contributed by atoms with van der Waals surface area (Å²) in [7, 11) is 0. The summed E-state index contributed by atoms with van der Waals surface area (Å²) in [5, 5.41) is 4.13. The molecule has 0 saturated carbocycles. The van der Waals surface area contributed by atoms with E-state index in [1.54, 1.807) is 31.3 Å². The van der Waals surface area contributed by atoms with Gasteiger partial charge in [-0.25, -0.2) is 10.6 Å². The number of hydrogen-bond acceptors (Lipinski definition) is 7. The van der Waals surface area contributed by atoms with Crippen LogP contribution in [0.25, 0.3) is 5.70 Å². The lowest BCUT2D eigenvalue weighted by Gasteiger charge is -2.26. The number of nitrogens with zero attached hydrogens (tertiary/aromatic N) is 2. The zero-order chi connectivity index (χ0) is 21.2. The molecule has 2 heterocycles. The maximum Gasteiger partial charge on any atom is 0.408 e. The fourth-order valence-electron chi connectivity index (χ4n) is 2.94. The van der Waals surface area contributed by atoms with Crippen LogP contribution in [0.2, 0.25) is 0 Å². The zero-order valence-electron chi connectivity index (χ0n) is 17.4. The maximum atomic E-state index is 11.4. The molecule has 2 rings (SSSR count). The lowest BCUT2D eigenvalue weighted by Crippen LogP contribution is -2.37. The van der Waals surface area contributed by atoms with E-state index in [-0.39, 0.29) is 18.8 Å². The van der Waals surface area contributed by atoms with Gasteiger partial charge in [-0.1, -0.05) is 11.8 Å². The first kappa shape index (κ1) is 22.5. The lowest BCUT2D eigenvalue weighted by atomic mass is 10.1. The minimum Gasteiger partial charge on any atom is -0.447 e. The highest BCUT2D eigenvalue weighted by Gasteiger charge is 2.15. The molecule has 5 N–H and O–H groups in total. The van der Waals surface area contributed by atoms with Gasteiger partial charge in [0, 0.05) is 24.6 Å². The third-order valence-corrected chi connectivity index (χ3v) is 4.24. The molecule has 29 heavy (non-hydrogen) atoms. The second-order valence-electron chi connectivity index (χ2n) is 7.27. The molecule has 1 aromatic rings. The Balaban J connectivity index is 1.92. The van der Waals surface area contributed by atoms with Crippen LogP contribution in [-0.4, -0.2) is 48.0 Å². The van der Waals surface area contributed by atoms with E-state index >= 15 is 0 Å². The molecule has 1 aliphatic rings. The third kappa shape index (κ3) is 8.02. The molecule has 1 unspecified atom stereocenters. The summed E-state index contributed by atoms with van der Waals surface area (Å²) in [6, 6.07) is 1.90. The van der Waals surface area contributed by atoms with E-state index in [4.69, 9.17) is 21.1 Å². The van der Waals surface area contributed by atoms with Gasteiger partial charge in [0.05, 0.1) is 36.7 Å². The number of ether oxygens (including phenoxy) is 2. The van der Waals surface area contributed by atoms with Gasteiger partial charge in [-0.05, 0) is 51.7 Å². The number of carbonyl (C=O) groups is 1. The predicted octanol–water partition coefficient (Wildman–Crippen LogP) is 1.88. The van der Waals surface area contributed by atoms with Crippen LogP contribution < -0.4 is 16.9 Å². The van der Waals surface area contributed by atoms with Crippen molar-refractivity contribution in [3.05, 3.63) is 35.3 Å². The first-order valence-corrected chi connectivity index (χ1v) is 9.85. The molecular weight excluding hydrogens is 370 g/mol. The largest absolute Gasteiger partial charge is 0.447 e. The number of carbonyl (C=O) groups excluding carboxylic acids is 1. The third-order valence-electron chi connectivity index (χ3n) is 4.24. The number of aromatic nitrogens is 1. The number of amides is 1. The Morgan fingerprint density at radius 2 is 2.31 bits per heavy atom. The van der Waals surface area contributed by atoms with Crippen molar-refractivity contribution in [2.24, 2.45) is 11.6 Å². The van der Waals surface area contributed by atoms with Crippen LogP contribution >= 0.6 is 0 Å². The molecule has 158 valence electrons. The molecule has 1 aliphatic heterocycles. The Morgan fingerprint density at radius 1 is 1.52 bits per heavy atom. The van der Waals surface area contributed by atoms with Gasteiger partial charge in [0.2, 0.25) is 0 Å². The van der Waals surface area contributed by atoms with Crippen LogP contribution in [0.3, 0.4) is 0 Å². The van der Waals surface area contributed by atoms with Crippen molar-refractivity contribution >= 4 is 11.8 Å². The van der Waals surface area contributed by atoms with Gasteiger partial charge >= 0.3 is 6.09 Å². The van der Waals surface area contributed by atoms with E-state index in [1.807, 2.05) is 13.0 Å². The fourth-order valence-corrected chi connectivity index (χ4v) is 2.94. The summed E-state index contributed by atoms with van der Waals surface area (Å²) in [4.78, 5) is 15.8. The van der Waals surface area contributed by atoms with Gasteiger partial charge in [-0.2, -0.15) is 0 Å². The van der Waals surface area contributed by atoms with Crippen LogP contribution in [0.4, 0.5) is 4.79 Å². The molecule has 1 atom stereocenters. The van der Waals surface area contributed by atoms with Crippen molar-refractivity contribution in [3.8, 4) is 11.8 Å². The minimum absolute atomic E-state index is 0.135. The van der Waals surface area contributed by atoms with Crippen LogP contribution in [0.1, 0.15) is 49.9 Å². The number of nitrogens with one attached hydrogen (secondary N) is 1.